The molecule has 0 aromatic heterocycles. The highest BCUT2D eigenvalue weighted by atomic mass is 28.1. The fourth-order valence-corrected chi connectivity index (χ4v) is 1.33. The van der Waals surface area contributed by atoms with Crippen LogP contribution in [0.25, 0.3) is 0 Å². The third kappa shape index (κ3) is 3.42. The van der Waals surface area contributed by atoms with Gasteiger partial charge >= 0.3 is 0 Å². The Labute approximate surface area is 81.8 Å². The first kappa shape index (κ1) is 9.99. The molecule has 0 aliphatic rings. The lowest BCUT2D eigenvalue weighted by molar-refractivity contribution is 0.474. The summed E-state index contributed by atoms with van der Waals surface area (Å²) in [5.41, 5.74) is 0.802. The molecule has 3 heteroatoms. The summed E-state index contributed by atoms with van der Waals surface area (Å²) in [5.74, 6) is 0.303. The Morgan fingerprint density at radius 1 is 1.38 bits per heavy atom. The fraction of sp³-hybridized carbons (Fsp3) is 0.300. The monoisotopic (exact) mass is 193 g/mol. The van der Waals surface area contributed by atoms with E-state index in [4.69, 9.17) is 0 Å². The Hall–Kier alpha value is -1.09. The van der Waals surface area contributed by atoms with Gasteiger partial charge in [0, 0.05) is 28.6 Å². The van der Waals surface area contributed by atoms with Crippen LogP contribution in [0.5, 0.6) is 5.75 Å². The lowest BCUT2D eigenvalue weighted by atomic mass is 10.2. The summed E-state index contributed by atoms with van der Waals surface area (Å²) in [6.45, 7) is 0.873. The smallest absolute Gasteiger partial charge is 0.124 e. The lowest BCUT2D eigenvalue weighted by Gasteiger charge is -1.96. The molecule has 13 heavy (non-hydrogen) atoms. The number of phenols is 1. The standard InChI is InChI=1S/C10H15NOSi/c12-10-5-2-1-4-9(10)8-11-6-3-7-13/h1-2,4-5,8,12H,3,6-7H2,13H3. The van der Waals surface area contributed by atoms with Gasteiger partial charge in [0.15, 0.2) is 0 Å². The number of hydrogen-bond acceptors (Lipinski definition) is 2. The van der Waals surface area contributed by atoms with Crippen LogP contribution in [0, 0.1) is 0 Å². The minimum atomic E-state index is 0.303. The third-order valence-corrected chi connectivity index (χ3v) is 2.52. The van der Waals surface area contributed by atoms with Crippen molar-refractivity contribution in [3.63, 3.8) is 0 Å². The van der Waals surface area contributed by atoms with E-state index in [9.17, 15) is 5.11 Å². The van der Waals surface area contributed by atoms with Crippen LogP contribution in [0.2, 0.25) is 6.04 Å². The maximum Gasteiger partial charge on any atom is 0.124 e. The normalized spacial score (nSPS) is 11.1. The molecule has 0 heterocycles. The minimum absolute atomic E-state index is 0.303. The van der Waals surface area contributed by atoms with Gasteiger partial charge in [-0.15, -0.1) is 0 Å². The molecule has 1 aromatic rings. The van der Waals surface area contributed by atoms with Gasteiger partial charge in [-0.1, -0.05) is 18.2 Å². The van der Waals surface area contributed by atoms with Gasteiger partial charge in [-0.05, 0) is 18.6 Å². The molecule has 0 amide bonds. The highest BCUT2D eigenvalue weighted by Crippen LogP contribution is 2.12. The topological polar surface area (TPSA) is 32.6 Å². The van der Waals surface area contributed by atoms with Crippen LogP contribution in [0.1, 0.15) is 12.0 Å². The molecule has 0 atom stereocenters. The van der Waals surface area contributed by atoms with Crippen LogP contribution in [-0.4, -0.2) is 28.1 Å². The number of phenolic OH excluding ortho intramolecular Hbond substituents is 1. The number of aliphatic imine (C=N–C) groups is 1. The maximum atomic E-state index is 9.38. The second kappa shape index (κ2) is 5.53. The van der Waals surface area contributed by atoms with Crippen molar-refractivity contribution in [3.05, 3.63) is 29.8 Å². The van der Waals surface area contributed by atoms with E-state index in [2.05, 4.69) is 4.99 Å². The van der Waals surface area contributed by atoms with E-state index in [0.717, 1.165) is 18.5 Å². The van der Waals surface area contributed by atoms with Crippen molar-refractivity contribution in [2.24, 2.45) is 4.99 Å². The molecule has 0 aliphatic carbocycles. The molecule has 0 spiro atoms. The largest absolute Gasteiger partial charge is 0.507 e. The Kier molecular flexibility index (Phi) is 4.25. The molecular formula is C10H15NOSi. The molecule has 1 N–H and O–H groups in total. The number of rotatable bonds is 4. The molecule has 0 saturated carbocycles. The third-order valence-electron chi connectivity index (χ3n) is 1.81. The first-order chi connectivity index (χ1) is 6.34. The van der Waals surface area contributed by atoms with Crippen molar-refractivity contribution in [2.75, 3.05) is 6.54 Å². The molecule has 0 unspecified atom stereocenters. The Balaban J connectivity index is 2.53. The number of aromatic hydroxyl groups is 1. The van der Waals surface area contributed by atoms with Crippen molar-refractivity contribution in [2.45, 2.75) is 12.5 Å². The van der Waals surface area contributed by atoms with E-state index in [1.165, 1.54) is 16.3 Å². The van der Waals surface area contributed by atoms with Gasteiger partial charge in [-0.25, -0.2) is 0 Å². The fourth-order valence-electron chi connectivity index (χ4n) is 1.01. The second-order valence-corrected chi connectivity index (χ2v) is 3.95. The van der Waals surface area contributed by atoms with Crippen molar-refractivity contribution >= 4 is 16.5 Å². The average molecular weight is 193 g/mol. The summed E-state index contributed by atoms with van der Waals surface area (Å²) in [5, 5.41) is 9.38. The van der Waals surface area contributed by atoms with Gasteiger partial charge < -0.3 is 5.11 Å². The van der Waals surface area contributed by atoms with E-state index < -0.39 is 0 Å². The van der Waals surface area contributed by atoms with Crippen LogP contribution in [0.3, 0.4) is 0 Å². The summed E-state index contributed by atoms with van der Waals surface area (Å²) < 4.78 is 0. The predicted molar refractivity (Wildman–Crippen MR) is 59.9 cm³/mol. The summed E-state index contributed by atoms with van der Waals surface area (Å²) in [7, 11) is 1.25. The van der Waals surface area contributed by atoms with Gasteiger partial charge in [0.05, 0.1) is 0 Å². The predicted octanol–water partition coefficient (Wildman–Crippen LogP) is 0.985. The molecule has 1 rings (SSSR count). The molecule has 2 nitrogen and oxygen atoms in total. The van der Waals surface area contributed by atoms with E-state index in [-0.39, 0.29) is 0 Å². The van der Waals surface area contributed by atoms with Crippen molar-refractivity contribution in [3.8, 4) is 5.75 Å². The first-order valence-electron chi connectivity index (χ1n) is 4.62. The maximum absolute atomic E-state index is 9.38. The van der Waals surface area contributed by atoms with Crippen LogP contribution in [-0.2, 0) is 0 Å². The summed E-state index contributed by atoms with van der Waals surface area (Å²) in [6, 6.07) is 8.53. The van der Waals surface area contributed by atoms with E-state index in [1.807, 2.05) is 18.2 Å². The summed E-state index contributed by atoms with van der Waals surface area (Å²) >= 11 is 0. The lowest BCUT2D eigenvalue weighted by Crippen LogP contribution is -1.85. The van der Waals surface area contributed by atoms with Gasteiger partial charge in [0.25, 0.3) is 0 Å². The van der Waals surface area contributed by atoms with Crippen LogP contribution in [0.15, 0.2) is 29.3 Å². The van der Waals surface area contributed by atoms with E-state index in [0.29, 0.717) is 5.75 Å². The van der Waals surface area contributed by atoms with Gasteiger partial charge in [-0.3, -0.25) is 4.99 Å². The number of hydrogen-bond donors (Lipinski definition) is 1. The van der Waals surface area contributed by atoms with Crippen LogP contribution < -0.4 is 0 Å². The summed E-state index contributed by atoms with van der Waals surface area (Å²) in [6.07, 6.45) is 2.91. The first-order valence-corrected chi connectivity index (χ1v) is 6.04. The van der Waals surface area contributed by atoms with Gasteiger partial charge in [0.1, 0.15) is 5.75 Å². The number of nitrogens with zero attached hydrogens (tertiary/aromatic N) is 1. The zero-order valence-corrected chi connectivity index (χ0v) is 9.90. The van der Waals surface area contributed by atoms with Crippen molar-refractivity contribution in [1.82, 2.24) is 0 Å². The highest BCUT2D eigenvalue weighted by Gasteiger charge is 1.93. The van der Waals surface area contributed by atoms with E-state index in [1.54, 1.807) is 12.3 Å². The molecule has 0 radical (unpaired) electrons. The van der Waals surface area contributed by atoms with E-state index >= 15 is 0 Å². The Bertz CT molecular complexity index is 286. The Morgan fingerprint density at radius 3 is 2.85 bits per heavy atom. The van der Waals surface area contributed by atoms with Gasteiger partial charge in [0.2, 0.25) is 0 Å². The molecule has 0 saturated heterocycles. The average Bonchev–Trinajstić information content (AvgIpc) is 2.15. The highest BCUT2D eigenvalue weighted by molar-refractivity contribution is 6.08. The zero-order valence-electron chi connectivity index (χ0n) is 7.90. The zero-order chi connectivity index (χ0) is 9.52. The van der Waals surface area contributed by atoms with Crippen LogP contribution in [0.4, 0.5) is 0 Å². The molecule has 1 aromatic carbocycles. The molecular weight excluding hydrogens is 178 g/mol. The Morgan fingerprint density at radius 2 is 2.15 bits per heavy atom. The molecule has 0 fully saturated rings. The quantitative estimate of drug-likeness (QED) is 0.431. The van der Waals surface area contributed by atoms with Crippen LogP contribution >= 0.6 is 0 Å². The van der Waals surface area contributed by atoms with Crippen molar-refractivity contribution < 1.29 is 5.11 Å². The van der Waals surface area contributed by atoms with Crippen molar-refractivity contribution in [1.29, 1.82) is 0 Å². The molecule has 0 bridgehead atoms. The molecule has 70 valence electrons. The minimum Gasteiger partial charge on any atom is -0.507 e. The second-order valence-electron chi connectivity index (χ2n) is 2.95. The van der Waals surface area contributed by atoms with Gasteiger partial charge in [-0.2, -0.15) is 0 Å². The number of para-hydroxylation sites is 1. The summed E-state index contributed by atoms with van der Waals surface area (Å²) in [4.78, 5) is 4.23. The molecule has 0 aliphatic heterocycles. The SMILES string of the molecule is Oc1ccccc1C=NCCC[SiH3]. The number of benzene rings is 1.